The molecule has 2 aromatic carbocycles. The van der Waals surface area contributed by atoms with Crippen molar-refractivity contribution in [3.63, 3.8) is 0 Å². The Morgan fingerprint density at radius 2 is 1.75 bits per heavy atom. The first kappa shape index (κ1) is 25.6. The lowest BCUT2D eigenvalue weighted by Gasteiger charge is -2.54. The molecule has 192 valence electrons. The highest BCUT2D eigenvalue weighted by Gasteiger charge is 2.50. The number of likely N-dealkylation sites (N-methyl/N-ethyl adjacent to an activating group) is 1. The summed E-state index contributed by atoms with van der Waals surface area (Å²) in [5, 5.41) is 6.15. The highest BCUT2D eigenvalue weighted by molar-refractivity contribution is 5.91. The molecular formula is C27H34FN5O3. The van der Waals surface area contributed by atoms with Crippen LogP contribution in [0.3, 0.4) is 0 Å². The minimum atomic E-state index is -0.636. The van der Waals surface area contributed by atoms with Gasteiger partial charge >= 0.3 is 6.03 Å². The molecule has 0 bridgehead atoms. The van der Waals surface area contributed by atoms with Gasteiger partial charge in [-0.15, -0.1) is 0 Å². The third kappa shape index (κ3) is 5.67. The molecule has 9 heteroatoms. The number of carbonyl (C=O) groups is 3. The Bertz CT molecular complexity index is 1080. The zero-order chi connectivity index (χ0) is 25.8. The topological polar surface area (TPSA) is 76.2 Å². The van der Waals surface area contributed by atoms with Crippen LogP contribution in [0, 0.1) is 11.7 Å². The summed E-state index contributed by atoms with van der Waals surface area (Å²) in [5.74, 6) is -0.387. The fraction of sp³-hybridized carbons (Fsp3) is 0.444. The molecule has 2 aliphatic heterocycles. The van der Waals surface area contributed by atoms with E-state index in [9.17, 15) is 18.8 Å². The van der Waals surface area contributed by atoms with Gasteiger partial charge in [0, 0.05) is 20.1 Å². The second kappa shape index (κ2) is 11.1. The minimum Gasteiger partial charge on any atom is -0.337 e. The van der Waals surface area contributed by atoms with Crippen LogP contribution in [0.25, 0.3) is 0 Å². The lowest BCUT2D eigenvalue weighted by atomic mass is 9.96. The average Bonchev–Trinajstić information content (AvgIpc) is 2.84. The van der Waals surface area contributed by atoms with Crippen LogP contribution < -0.4 is 5.32 Å². The molecule has 2 aromatic rings. The van der Waals surface area contributed by atoms with Gasteiger partial charge in [0.1, 0.15) is 18.0 Å². The summed E-state index contributed by atoms with van der Waals surface area (Å²) in [6.45, 7) is 5.04. The molecule has 0 spiro atoms. The number of fused-ring (bicyclic) bond motifs is 1. The van der Waals surface area contributed by atoms with E-state index in [-0.39, 0.29) is 42.7 Å². The van der Waals surface area contributed by atoms with Gasteiger partial charge in [-0.1, -0.05) is 56.3 Å². The predicted octanol–water partition coefficient (Wildman–Crippen LogP) is 2.85. The standard InChI is InChI=1S/C27H34FN5O3/c1-19(2)15-23-26(35)31(14-13-20-9-11-22(28)12-10-20)17-24-32(23)25(34)18-30(3)33(24)27(36)29-16-21-7-5-4-6-8-21/h4-12,19,23-24H,13-18H2,1-3H3,(H,29,36)/t23-,24?/m0/s1. The number of hydrogen-bond donors (Lipinski definition) is 1. The number of amides is 4. The van der Waals surface area contributed by atoms with E-state index in [1.54, 1.807) is 39.0 Å². The van der Waals surface area contributed by atoms with Crippen molar-refractivity contribution in [2.24, 2.45) is 5.92 Å². The first-order valence-corrected chi connectivity index (χ1v) is 12.4. The van der Waals surface area contributed by atoms with Gasteiger partial charge in [0.15, 0.2) is 0 Å². The molecule has 1 unspecified atom stereocenters. The summed E-state index contributed by atoms with van der Waals surface area (Å²) >= 11 is 0. The van der Waals surface area contributed by atoms with Crippen molar-refractivity contribution in [3.8, 4) is 0 Å². The molecule has 2 fully saturated rings. The fourth-order valence-electron chi connectivity index (χ4n) is 4.95. The predicted molar refractivity (Wildman–Crippen MR) is 134 cm³/mol. The number of piperazine rings is 1. The Morgan fingerprint density at radius 1 is 1.06 bits per heavy atom. The van der Waals surface area contributed by atoms with Crippen molar-refractivity contribution < 1.29 is 18.8 Å². The number of urea groups is 1. The molecule has 4 rings (SSSR count). The number of nitrogens with one attached hydrogen (secondary N) is 1. The number of nitrogens with zero attached hydrogens (tertiary/aromatic N) is 4. The van der Waals surface area contributed by atoms with Gasteiger partial charge in [-0.3, -0.25) is 9.59 Å². The van der Waals surface area contributed by atoms with Crippen LogP contribution in [0.2, 0.25) is 0 Å². The number of benzene rings is 2. The van der Waals surface area contributed by atoms with Gasteiger partial charge in [0.25, 0.3) is 0 Å². The normalized spacial score (nSPS) is 20.6. The van der Waals surface area contributed by atoms with Crippen molar-refractivity contribution in [2.45, 2.75) is 45.4 Å². The van der Waals surface area contributed by atoms with Crippen molar-refractivity contribution in [1.29, 1.82) is 0 Å². The van der Waals surface area contributed by atoms with Crippen LogP contribution >= 0.6 is 0 Å². The SMILES string of the molecule is CC(C)C[C@H]1C(=O)N(CCc2ccc(F)cc2)CC2N1C(=O)CN(C)N2C(=O)NCc1ccccc1. The third-order valence-electron chi connectivity index (χ3n) is 6.71. The molecule has 2 atom stereocenters. The number of hydrogen-bond acceptors (Lipinski definition) is 4. The van der Waals surface area contributed by atoms with E-state index in [1.165, 1.54) is 12.1 Å². The Morgan fingerprint density at radius 3 is 2.42 bits per heavy atom. The van der Waals surface area contributed by atoms with Crippen molar-refractivity contribution >= 4 is 17.8 Å². The van der Waals surface area contributed by atoms with E-state index in [0.717, 1.165) is 11.1 Å². The first-order valence-electron chi connectivity index (χ1n) is 12.4. The van der Waals surface area contributed by atoms with Crippen LogP contribution in [-0.4, -0.2) is 76.6 Å². The summed E-state index contributed by atoms with van der Waals surface area (Å²) in [7, 11) is 1.72. The number of halogens is 1. The second-order valence-corrected chi connectivity index (χ2v) is 9.89. The maximum atomic E-state index is 13.5. The van der Waals surface area contributed by atoms with E-state index >= 15 is 0 Å². The van der Waals surface area contributed by atoms with Crippen molar-refractivity contribution in [1.82, 2.24) is 25.1 Å². The summed E-state index contributed by atoms with van der Waals surface area (Å²) in [6.07, 6.45) is 0.454. The van der Waals surface area contributed by atoms with E-state index in [2.05, 4.69) is 5.32 Å². The highest BCUT2D eigenvalue weighted by atomic mass is 19.1. The van der Waals surface area contributed by atoms with Crippen LogP contribution in [-0.2, 0) is 22.6 Å². The monoisotopic (exact) mass is 495 g/mol. The third-order valence-corrected chi connectivity index (χ3v) is 6.71. The molecule has 36 heavy (non-hydrogen) atoms. The van der Waals surface area contributed by atoms with E-state index in [1.807, 2.05) is 44.2 Å². The Labute approximate surface area is 211 Å². The molecule has 4 amide bonds. The van der Waals surface area contributed by atoms with E-state index < -0.39 is 12.2 Å². The Kier molecular flexibility index (Phi) is 7.88. The van der Waals surface area contributed by atoms with Gasteiger partial charge in [0.05, 0.1) is 13.1 Å². The maximum Gasteiger partial charge on any atom is 0.334 e. The maximum absolute atomic E-state index is 13.5. The molecule has 8 nitrogen and oxygen atoms in total. The Balaban J connectivity index is 1.56. The van der Waals surface area contributed by atoms with E-state index in [0.29, 0.717) is 25.9 Å². The van der Waals surface area contributed by atoms with Crippen LogP contribution in [0.1, 0.15) is 31.4 Å². The number of hydrazine groups is 1. The zero-order valence-corrected chi connectivity index (χ0v) is 21.1. The Hall–Kier alpha value is -3.46. The lowest BCUT2D eigenvalue weighted by molar-refractivity contribution is -0.187. The van der Waals surface area contributed by atoms with Gasteiger partial charge < -0.3 is 15.1 Å². The molecule has 2 aliphatic rings. The molecule has 2 heterocycles. The largest absolute Gasteiger partial charge is 0.337 e. The molecule has 0 saturated carbocycles. The van der Waals surface area contributed by atoms with Crippen molar-refractivity contribution in [3.05, 3.63) is 71.5 Å². The first-order chi connectivity index (χ1) is 17.2. The van der Waals surface area contributed by atoms with Crippen LogP contribution in [0.5, 0.6) is 0 Å². The minimum absolute atomic E-state index is 0.0205. The van der Waals surface area contributed by atoms with Crippen molar-refractivity contribution in [2.75, 3.05) is 26.7 Å². The molecule has 2 saturated heterocycles. The van der Waals surface area contributed by atoms with Gasteiger partial charge in [0.2, 0.25) is 11.8 Å². The highest BCUT2D eigenvalue weighted by Crippen LogP contribution is 2.29. The molecule has 0 aromatic heterocycles. The molecule has 0 radical (unpaired) electrons. The molecular weight excluding hydrogens is 461 g/mol. The second-order valence-electron chi connectivity index (χ2n) is 9.89. The fourth-order valence-corrected chi connectivity index (χ4v) is 4.95. The number of carbonyl (C=O) groups excluding carboxylic acids is 3. The average molecular weight is 496 g/mol. The summed E-state index contributed by atoms with van der Waals surface area (Å²) in [4.78, 5) is 43.4. The van der Waals surface area contributed by atoms with Gasteiger partial charge in [-0.2, -0.15) is 0 Å². The van der Waals surface area contributed by atoms with Crippen LogP contribution in [0.15, 0.2) is 54.6 Å². The van der Waals surface area contributed by atoms with E-state index in [4.69, 9.17) is 0 Å². The van der Waals surface area contributed by atoms with Gasteiger partial charge in [-0.05, 0) is 42.0 Å². The van der Waals surface area contributed by atoms with Gasteiger partial charge in [-0.25, -0.2) is 19.2 Å². The number of rotatable bonds is 7. The molecule has 0 aliphatic carbocycles. The lowest BCUT2D eigenvalue weighted by Crippen LogP contribution is -2.76. The smallest absolute Gasteiger partial charge is 0.334 e. The van der Waals surface area contributed by atoms with Crippen LogP contribution in [0.4, 0.5) is 9.18 Å². The molecule has 1 N–H and O–H groups in total. The quantitative estimate of drug-likeness (QED) is 0.641. The zero-order valence-electron chi connectivity index (χ0n) is 21.1. The summed E-state index contributed by atoms with van der Waals surface area (Å²) < 4.78 is 13.3. The summed E-state index contributed by atoms with van der Waals surface area (Å²) in [5.41, 5.74) is 1.89. The summed E-state index contributed by atoms with van der Waals surface area (Å²) in [6, 6.07) is 14.9.